The van der Waals surface area contributed by atoms with Crippen LogP contribution in [0.2, 0.25) is 0 Å². The van der Waals surface area contributed by atoms with Crippen LogP contribution < -0.4 is 20.1 Å². The molecule has 0 spiro atoms. The Kier molecular flexibility index (Phi) is 7.48. The van der Waals surface area contributed by atoms with E-state index < -0.39 is 0 Å². The van der Waals surface area contributed by atoms with Gasteiger partial charge in [0.2, 0.25) is 0 Å². The Hall–Kier alpha value is -2.05. The molecule has 0 unspecified atom stereocenters. The Labute approximate surface area is 163 Å². The van der Waals surface area contributed by atoms with E-state index in [9.17, 15) is 4.79 Å². The molecule has 5 nitrogen and oxygen atoms in total. The molecule has 2 rings (SSSR count). The van der Waals surface area contributed by atoms with Gasteiger partial charge in [0.05, 0.1) is 11.6 Å². The zero-order valence-corrected chi connectivity index (χ0v) is 17.1. The summed E-state index contributed by atoms with van der Waals surface area (Å²) in [5.74, 6) is 0.872. The van der Waals surface area contributed by atoms with Gasteiger partial charge in [0.1, 0.15) is 0 Å². The van der Waals surface area contributed by atoms with Crippen molar-refractivity contribution in [3.8, 4) is 11.5 Å². The summed E-state index contributed by atoms with van der Waals surface area (Å²) in [6.07, 6.45) is 0. The summed E-state index contributed by atoms with van der Waals surface area (Å²) in [5.41, 5.74) is 2.95. The Balaban J connectivity index is 2.01. The lowest BCUT2D eigenvalue weighted by Crippen LogP contribution is -2.22. The van der Waals surface area contributed by atoms with Crippen LogP contribution in [0.1, 0.15) is 25.0 Å². The summed E-state index contributed by atoms with van der Waals surface area (Å²) in [5, 5.41) is 6.17. The fraction of sp³-hybridized carbons (Fsp3) is 0.350. The van der Waals surface area contributed by atoms with Crippen LogP contribution in [0.15, 0.2) is 40.9 Å². The minimum absolute atomic E-state index is 0.105. The third-order valence-corrected chi connectivity index (χ3v) is 4.28. The van der Waals surface area contributed by atoms with E-state index in [1.165, 1.54) is 0 Å². The number of methoxy groups -OCH3 is 1. The largest absolute Gasteiger partial charge is 0.493 e. The highest BCUT2D eigenvalue weighted by molar-refractivity contribution is 9.10. The number of carbonyl (C=O) groups excluding carboxylic acids is 1. The van der Waals surface area contributed by atoms with Gasteiger partial charge in [0.25, 0.3) is 5.91 Å². The minimum Gasteiger partial charge on any atom is -0.493 e. The van der Waals surface area contributed by atoms with Gasteiger partial charge in [-0.1, -0.05) is 31.5 Å². The first-order valence-corrected chi connectivity index (χ1v) is 9.27. The maximum Gasteiger partial charge on any atom is 0.262 e. The molecule has 140 valence electrons. The van der Waals surface area contributed by atoms with Crippen molar-refractivity contribution < 1.29 is 14.3 Å². The summed E-state index contributed by atoms with van der Waals surface area (Å²) in [7, 11) is 1.58. The van der Waals surface area contributed by atoms with E-state index in [0.717, 1.165) is 27.8 Å². The van der Waals surface area contributed by atoms with Crippen LogP contribution in [0, 0.1) is 6.92 Å². The van der Waals surface area contributed by atoms with Crippen LogP contribution in [-0.2, 0) is 11.3 Å². The number of hydrogen-bond donors (Lipinski definition) is 2. The molecule has 0 saturated heterocycles. The predicted octanol–water partition coefficient (Wildman–Crippen LogP) is 4.28. The van der Waals surface area contributed by atoms with Gasteiger partial charge in [0, 0.05) is 18.3 Å². The second-order valence-electron chi connectivity index (χ2n) is 6.35. The standard InChI is InChI=1S/C20H25BrN2O3/c1-13(2)22-11-15-9-17(21)20(18(10-15)25-4)26-12-19(24)23-16-7-5-14(3)6-8-16/h5-10,13,22H,11-12H2,1-4H3,(H,23,24). The van der Waals surface area contributed by atoms with Crippen LogP contribution in [0.25, 0.3) is 0 Å². The molecular formula is C20H25BrN2O3. The summed E-state index contributed by atoms with van der Waals surface area (Å²) in [4.78, 5) is 12.1. The van der Waals surface area contributed by atoms with Gasteiger partial charge in [-0.3, -0.25) is 4.79 Å². The average Bonchev–Trinajstić information content (AvgIpc) is 2.60. The monoisotopic (exact) mass is 420 g/mol. The zero-order chi connectivity index (χ0) is 19.1. The first-order chi connectivity index (χ1) is 12.4. The molecule has 0 bridgehead atoms. The van der Waals surface area contributed by atoms with Crippen molar-refractivity contribution in [3.63, 3.8) is 0 Å². The highest BCUT2D eigenvalue weighted by Gasteiger charge is 2.14. The lowest BCUT2D eigenvalue weighted by molar-refractivity contribution is -0.118. The quantitative estimate of drug-likeness (QED) is 0.668. The highest BCUT2D eigenvalue weighted by atomic mass is 79.9. The molecule has 0 heterocycles. The van der Waals surface area contributed by atoms with E-state index in [2.05, 4.69) is 40.4 Å². The van der Waals surface area contributed by atoms with Gasteiger partial charge in [-0.25, -0.2) is 0 Å². The molecule has 0 aliphatic heterocycles. The van der Waals surface area contributed by atoms with Crippen molar-refractivity contribution in [1.29, 1.82) is 0 Å². The fourth-order valence-electron chi connectivity index (χ4n) is 2.31. The number of halogens is 1. The molecule has 0 fully saturated rings. The lowest BCUT2D eigenvalue weighted by atomic mass is 10.2. The second kappa shape index (κ2) is 9.59. The molecule has 0 radical (unpaired) electrons. The number of nitrogens with one attached hydrogen (secondary N) is 2. The smallest absolute Gasteiger partial charge is 0.262 e. The van der Waals surface area contributed by atoms with E-state index in [0.29, 0.717) is 17.5 Å². The molecular weight excluding hydrogens is 396 g/mol. The predicted molar refractivity (Wildman–Crippen MR) is 108 cm³/mol. The second-order valence-corrected chi connectivity index (χ2v) is 7.20. The van der Waals surface area contributed by atoms with E-state index in [4.69, 9.17) is 9.47 Å². The Morgan fingerprint density at radius 2 is 1.88 bits per heavy atom. The summed E-state index contributed by atoms with van der Waals surface area (Å²) >= 11 is 3.51. The Bertz CT molecular complexity index is 745. The van der Waals surface area contributed by atoms with Crippen LogP contribution >= 0.6 is 15.9 Å². The van der Waals surface area contributed by atoms with Gasteiger partial charge in [-0.2, -0.15) is 0 Å². The maximum absolute atomic E-state index is 12.1. The van der Waals surface area contributed by atoms with Crippen molar-refractivity contribution in [2.24, 2.45) is 0 Å². The molecule has 0 aliphatic carbocycles. The van der Waals surface area contributed by atoms with Crippen molar-refractivity contribution in [2.75, 3.05) is 19.0 Å². The molecule has 2 aromatic carbocycles. The van der Waals surface area contributed by atoms with Crippen LogP contribution in [0.3, 0.4) is 0 Å². The molecule has 2 aromatic rings. The van der Waals surface area contributed by atoms with E-state index in [1.807, 2.05) is 43.3 Å². The third kappa shape index (κ3) is 6.04. The SMILES string of the molecule is COc1cc(CNC(C)C)cc(Br)c1OCC(=O)Nc1ccc(C)cc1. The Morgan fingerprint density at radius 3 is 2.50 bits per heavy atom. The zero-order valence-electron chi connectivity index (χ0n) is 15.6. The van der Waals surface area contributed by atoms with Crippen molar-refractivity contribution >= 4 is 27.5 Å². The molecule has 0 aromatic heterocycles. The molecule has 0 aliphatic rings. The van der Waals surface area contributed by atoms with E-state index >= 15 is 0 Å². The highest BCUT2D eigenvalue weighted by Crippen LogP contribution is 2.36. The number of anilines is 1. The van der Waals surface area contributed by atoms with Crippen molar-refractivity contribution in [1.82, 2.24) is 5.32 Å². The summed E-state index contributed by atoms with van der Waals surface area (Å²) in [6.45, 7) is 6.80. The number of aryl methyl sites for hydroxylation is 1. The summed E-state index contributed by atoms with van der Waals surface area (Å²) < 4.78 is 11.9. The van der Waals surface area contributed by atoms with Gasteiger partial charge in [-0.15, -0.1) is 0 Å². The first-order valence-electron chi connectivity index (χ1n) is 8.48. The van der Waals surface area contributed by atoms with Gasteiger partial charge in [0.15, 0.2) is 18.1 Å². The minimum atomic E-state index is -0.228. The number of carbonyl (C=O) groups is 1. The van der Waals surface area contributed by atoms with Crippen LogP contribution in [0.4, 0.5) is 5.69 Å². The molecule has 6 heteroatoms. The third-order valence-electron chi connectivity index (χ3n) is 3.69. The fourth-order valence-corrected chi connectivity index (χ4v) is 2.91. The van der Waals surface area contributed by atoms with Crippen molar-refractivity contribution in [2.45, 2.75) is 33.4 Å². The van der Waals surface area contributed by atoms with Gasteiger partial charge < -0.3 is 20.1 Å². The van der Waals surface area contributed by atoms with Gasteiger partial charge >= 0.3 is 0 Å². The van der Waals surface area contributed by atoms with E-state index in [-0.39, 0.29) is 12.5 Å². The van der Waals surface area contributed by atoms with Crippen LogP contribution in [0.5, 0.6) is 11.5 Å². The van der Waals surface area contributed by atoms with E-state index in [1.54, 1.807) is 7.11 Å². The molecule has 2 N–H and O–H groups in total. The Morgan fingerprint density at radius 1 is 1.19 bits per heavy atom. The number of hydrogen-bond acceptors (Lipinski definition) is 4. The number of benzene rings is 2. The molecule has 0 atom stereocenters. The molecule has 0 saturated carbocycles. The summed E-state index contributed by atoms with van der Waals surface area (Å²) in [6, 6.07) is 11.9. The number of ether oxygens (including phenoxy) is 2. The number of amides is 1. The first kappa shape index (κ1) is 20.3. The van der Waals surface area contributed by atoms with Crippen LogP contribution in [-0.4, -0.2) is 25.7 Å². The number of rotatable bonds is 8. The average molecular weight is 421 g/mol. The molecule has 1 amide bonds. The molecule has 26 heavy (non-hydrogen) atoms. The van der Waals surface area contributed by atoms with Crippen molar-refractivity contribution in [3.05, 3.63) is 52.0 Å². The topological polar surface area (TPSA) is 59.6 Å². The normalized spacial score (nSPS) is 10.7. The lowest BCUT2D eigenvalue weighted by Gasteiger charge is -2.15. The maximum atomic E-state index is 12.1. The van der Waals surface area contributed by atoms with Gasteiger partial charge in [-0.05, 0) is 52.7 Å².